The molecule has 1 heterocycles. The van der Waals surface area contributed by atoms with Crippen LogP contribution in [0.1, 0.15) is 24.9 Å². The molecule has 0 spiro atoms. The van der Waals surface area contributed by atoms with Gasteiger partial charge in [-0.25, -0.2) is 18.5 Å². The van der Waals surface area contributed by atoms with Gasteiger partial charge in [0.05, 0.1) is 6.61 Å². The monoisotopic (exact) mass is 427 g/mol. The van der Waals surface area contributed by atoms with Gasteiger partial charge in [-0.15, -0.1) is 5.10 Å². The lowest BCUT2D eigenvalue weighted by Gasteiger charge is -2.19. The van der Waals surface area contributed by atoms with Gasteiger partial charge in [0.2, 0.25) is 5.06 Å². The van der Waals surface area contributed by atoms with Crippen molar-refractivity contribution in [1.82, 2.24) is 14.3 Å². The predicted octanol–water partition coefficient (Wildman–Crippen LogP) is 2.56. The lowest BCUT2D eigenvalue weighted by molar-refractivity contribution is -0.156. The summed E-state index contributed by atoms with van der Waals surface area (Å²) >= 11 is 11.7. The van der Waals surface area contributed by atoms with Crippen molar-refractivity contribution in [3.05, 3.63) is 44.8 Å². The quantitative estimate of drug-likeness (QED) is 0.565. The number of hydrogen-bond acceptors (Lipinski definition) is 5. The summed E-state index contributed by atoms with van der Waals surface area (Å²) < 4.78 is 45.3. The smallest absolute Gasteiger partial charge is 0.355 e. The Morgan fingerprint density at radius 2 is 2.07 bits per heavy atom. The maximum Gasteiger partial charge on any atom is 0.355 e. The van der Waals surface area contributed by atoms with Gasteiger partial charge in [0.15, 0.2) is 5.82 Å². The highest BCUT2D eigenvalue weighted by molar-refractivity contribution is 6.33. The lowest BCUT2D eigenvalue weighted by atomic mass is 10.1. The molecule has 148 valence electrons. The zero-order chi connectivity index (χ0) is 20.5. The van der Waals surface area contributed by atoms with E-state index in [9.17, 15) is 27.9 Å². The van der Waals surface area contributed by atoms with Crippen molar-refractivity contribution in [2.45, 2.75) is 31.9 Å². The third-order valence-electron chi connectivity index (χ3n) is 3.53. The van der Waals surface area contributed by atoms with Crippen LogP contribution in [0.15, 0.2) is 16.9 Å². The average molecular weight is 428 g/mol. The summed E-state index contributed by atoms with van der Waals surface area (Å²) in [4.78, 5) is 23.8. The summed E-state index contributed by atoms with van der Waals surface area (Å²) in [5, 5.41) is 10.9. The molecule has 0 aliphatic carbocycles. The number of ether oxygens (including phenoxy) is 1. The summed E-state index contributed by atoms with van der Waals surface area (Å²) in [6, 6.07) is 1.77. The fourth-order valence-corrected chi connectivity index (χ4v) is 2.72. The van der Waals surface area contributed by atoms with E-state index in [-0.39, 0.29) is 27.6 Å². The molecule has 0 aliphatic rings. The molecule has 1 aromatic carbocycles. The van der Waals surface area contributed by atoms with Gasteiger partial charge in [0, 0.05) is 11.4 Å². The van der Waals surface area contributed by atoms with E-state index >= 15 is 0 Å². The summed E-state index contributed by atoms with van der Waals surface area (Å²) in [6.07, 6.45) is -0.594. The lowest BCUT2D eigenvalue weighted by Crippen LogP contribution is -2.36. The van der Waals surface area contributed by atoms with Crippen molar-refractivity contribution in [3.8, 4) is 5.69 Å². The number of aromatic nitrogens is 3. The molecule has 7 nitrogen and oxygen atoms in total. The number of halogens is 5. The summed E-state index contributed by atoms with van der Waals surface area (Å²) in [6.45, 7) is -0.563. The van der Waals surface area contributed by atoms with Gasteiger partial charge in [0.1, 0.15) is 11.5 Å². The second kappa shape index (κ2) is 7.91. The molecule has 0 bridgehead atoms. The summed E-state index contributed by atoms with van der Waals surface area (Å²) in [5.74, 6) is -2.52. The van der Waals surface area contributed by atoms with Gasteiger partial charge in [-0.1, -0.05) is 23.2 Å². The first-order valence-electron chi connectivity index (χ1n) is 7.52. The van der Waals surface area contributed by atoms with Crippen LogP contribution in [0, 0.1) is 12.7 Å². The van der Waals surface area contributed by atoms with Gasteiger partial charge >= 0.3 is 18.2 Å². The third kappa shape index (κ3) is 4.28. The number of rotatable bonds is 6. The predicted molar refractivity (Wildman–Crippen MR) is 89.9 cm³/mol. The maximum absolute atomic E-state index is 14.3. The minimum Gasteiger partial charge on any atom is -0.463 e. The molecule has 0 amide bonds. The Morgan fingerprint density at radius 3 is 2.59 bits per heavy atom. The Balaban J connectivity index is 2.53. The second-order valence-corrected chi connectivity index (χ2v) is 6.47. The van der Waals surface area contributed by atoms with Gasteiger partial charge < -0.3 is 9.84 Å². The minimum absolute atomic E-state index is 0.0326. The number of alkyl halides is 3. The summed E-state index contributed by atoms with van der Waals surface area (Å²) in [7, 11) is 0. The van der Waals surface area contributed by atoms with Crippen LogP contribution in [0.25, 0.3) is 5.69 Å². The molecule has 0 aliphatic heterocycles. The molecule has 0 radical (unpaired) electrons. The molecular weight excluding hydrogens is 414 g/mol. The third-order valence-corrected chi connectivity index (χ3v) is 4.17. The molecule has 1 N–H and O–H groups in total. The number of nitrogens with zero attached hydrogens (tertiary/aromatic N) is 3. The molecule has 1 atom stereocenters. The van der Waals surface area contributed by atoms with Crippen LogP contribution in [0.5, 0.6) is 0 Å². The van der Waals surface area contributed by atoms with E-state index < -0.39 is 41.2 Å². The Bertz CT molecular complexity index is 928. The number of esters is 1. The molecule has 2 aromatic rings. The normalized spacial score (nSPS) is 13.7. The van der Waals surface area contributed by atoms with Crippen molar-refractivity contribution < 1.29 is 27.8 Å². The van der Waals surface area contributed by atoms with Crippen molar-refractivity contribution in [3.63, 3.8) is 0 Å². The van der Waals surface area contributed by atoms with Gasteiger partial charge in [-0.3, -0.25) is 0 Å². The van der Waals surface area contributed by atoms with Crippen molar-refractivity contribution in [2.75, 3.05) is 6.61 Å². The van der Waals surface area contributed by atoms with Crippen LogP contribution in [-0.4, -0.2) is 37.1 Å². The first kappa shape index (κ1) is 21.3. The van der Waals surface area contributed by atoms with E-state index in [1.54, 1.807) is 0 Å². The minimum atomic E-state index is -3.17. The Morgan fingerprint density at radius 1 is 1.44 bits per heavy atom. The van der Waals surface area contributed by atoms with E-state index in [2.05, 4.69) is 9.84 Å². The fraction of sp³-hybridized carbons (Fsp3) is 0.400. The molecule has 27 heavy (non-hydrogen) atoms. The second-order valence-electron chi connectivity index (χ2n) is 5.44. The van der Waals surface area contributed by atoms with Crippen molar-refractivity contribution in [1.29, 1.82) is 0 Å². The molecule has 2 rings (SSSR count). The highest BCUT2D eigenvalue weighted by Crippen LogP contribution is 2.28. The fourth-order valence-electron chi connectivity index (χ4n) is 2.30. The Kier molecular flexibility index (Phi) is 6.23. The highest BCUT2D eigenvalue weighted by atomic mass is 35.5. The van der Waals surface area contributed by atoms with Gasteiger partial charge in [0.25, 0.3) is 0 Å². The summed E-state index contributed by atoms with van der Waals surface area (Å²) in [5.41, 5.74) is -1.81. The number of aliphatic hydroxyl groups is 1. The molecule has 1 unspecified atom stereocenters. The SMILES string of the molecule is CCOC(=O)C(O)(Cl)Cc1cc(-n2nc(C)n(C(F)F)c2=O)c(F)cc1Cl. The molecule has 0 saturated heterocycles. The number of hydrogen-bond donors (Lipinski definition) is 1. The molecule has 1 aromatic heterocycles. The van der Waals surface area contributed by atoms with Crippen molar-refractivity contribution >= 4 is 29.2 Å². The van der Waals surface area contributed by atoms with E-state index in [0.29, 0.717) is 4.68 Å². The first-order valence-corrected chi connectivity index (χ1v) is 8.28. The largest absolute Gasteiger partial charge is 0.463 e. The number of carbonyl (C=O) groups excluding carboxylic acids is 1. The molecular formula is C15H14Cl2F3N3O4. The van der Waals surface area contributed by atoms with Crippen molar-refractivity contribution in [2.24, 2.45) is 0 Å². The van der Waals surface area contributed by atoms with E-state index in [1.807, 2.05) is 0 Å². The highest BCUT2D eigenvalue weighted by Gasteiger charge is 2.36. The molecule has 12 heteroatoms. The molecule has 0 fully saturated rings. The average Bonchev–Trinajstić information content (AvgIpc) is 2.84. The van der Waals surface area contributed by atoms with Crippen LogP contribution in [0.3, 0.4) is 0 Å². The van der Waals surface area contributed by atoms with E-state index in [1.165, 1.54) is 6.92 Å². The standard InChI is InChI=1S/C15H14Cl2F3N3O4/c1-3-27-12(24)15(17,26)6-8-4-11(10(18)5-9(8)16)23-14(25)22(13(19)20)7(2)21-23/h4-5,13,26H,3,6H2,1-2H3. The topological polar surface area (TPSA) is 86.3 Å². The van der Waals surface area contributed by atoms with E-state index in [0.717, 1.165) is 19.1 Å². The zero-order valence-electron chi connectivity index (χ0n) is 14.0. The maximum atomic E-state index is 14.3. The van der Waals surface area contributed by atoms with Crippen LogP contribution >= 0.6 is 23.2 Å². The van der Waals surface area contributed by atoms with Gasteiger partial charge in [-0.2, -0.15) is 13.5 Å². The van der Waals surface area contributed by atoms with E-state index in [4.69, 9.17) is 23.2 Å². The molecule has 0 saturated carbocycles. The van der Waals surface area contributed by atoms with Crippen LogP contribution in [0.4, 0.5) is 13.2 Å². The van der Waals surface area contributed by atoms with Gasteiger partial charge in [-0.05, 0) is 31.5 Å². The number of aryl methyl sites for hydroxylation is 1. The Hall–Kier alpha value is -2.04. The van der Waals surface area contributed by atoms with Crippen LogP contribution < -0.4 is 5.69 Å². The van der Waals surface area contributed by atoms with Crippen LogP contribution in [0.2, 0.25) is 5.02 Å². The van der Waals surface area contributed by atoms with Crippen LogP contribution in [-0.2, 0) is 16.0 Å². The number of benzene rings is 1. The first-order chi connectivity index (χ1) is 12.5. The zero-order valence-corrected chi connectivity index (χ0v) is 15.6. The number of carbonyl (C=O) groups is 1. The Labute approximate surface area is 160 Å².